The maximum atomic E-state index is 13.6. The van der Waals surface area contributed by atoms with Crippen LogP contribution in [-0.4, -0.2) is 32.7 Å². The zero-order valence-corrected chi connectivity index (χ0v) is 15.3. The molecule has 2 aromatic carbocycles. The Balaban J connectivity index is 2.14. The van der Waals surface area contributed by atoms with Crippen molar-refractivity contribution in [1.82, 2.24) is 0 Å². The monoisotopic (exact) mass is 379 g/mol. The fourth-order valence-corrected chi connectivity index (χ4v) is 2.77. The van der Waals surface area contributed by atoms with E-state index in [4.69, 9.17) is 4.74 Å². The third kappa shape index (κ3) is 4.66. The van der Waals surface area contributed by atoms with Gasteiger partial charge in [-0.15, -0.1) is 0 Å². The Bertz CT molecular complexity index is 956. The second-order valence-corrected chi connectivity index (χ2v) is 7.78. The first-order chi connectivity index (χ1) is 12.1. The van der Waals surface area contributed by atoms with Crippen LogP contribution in [0.4, 0.5) is 10.1 Å². The number of nitrogens with one attached hydrogen (secondary N) is 1. The van der Waals surface area contributed by atoms with Crippen molar-refractivity contribution in [3.05, 3.63) is 59.4 Å². The van der Waals surface area contributed by atoms with Gasteiger partial charge in [0.25, 0.3) is 5.91 Å². The van der Waals surface area contributed by atoms with Gasteiger partial charge >= 0.3 is 5.97 Å². The Morgan fingerprint density at radius 3 is 2.42 bits per heavy atom. The highest BCUT2D eigenvalue weighted by Gasteiger charge is 2.22. The van der Waals surface area contributed by atoms with Crippen molar-refractivity contribution in [2.24, 2.45) is 0 Å². The molecule has 2 rings (SSSR count). The molecule has 1 atom stereocenters. The van der Waals surface area contributed by atoms with E-state index in [9.17, 15) is 22.4 Å². The average Bonchev–Trinajstić information content (AvgIpc) is 2.56. The number of hydrogen-bond donors (Lipinski definition) is 1. The molecule has 0 unspecified atom stereocenters. The molecule has 1 amide bonds. The summed E-state index contributed by atoms with van der Waals surface area (Å²) in [5, 5.41) is 2.33. The maximum absolute atomic E-state index is 13.6. The number of esters is 1. The second kappa shape index (κ2) is 7.65. The van der Waals surface area contributed by atoms with Crippen LogP contribution in [0, 0.1) is 12.7 Å². The van der Waals surface area contributed by atoms with Crippen LogP contribution in [0.3, 0.4) is 0 Å². The molecule has 138 valence electrons. The van der Waals surface area contributed by atoms with Gasteiger partial charge in [0.15, 0.2) is 15.9 Å². The van der Waals surface area contributed by atoms with E-state index in [0.717, 1.165) is 6.26 Å². The summed E-state index contributed by atoms with van der Waals surface area (Å²) in [7, 11) is -3.49. The largest absolute Gasteiger partial charge is 0.449 e. The van der Waals surface area contributed by atoms with Crippen molar-refractivity contribution < 1.29 is 27.1 Å². The van der Waals surface area contributed by atoms with Gasteiger partial charge in [-0.3, -0.25) is 4.79 Å². The van der Waals surface area contributed by atoms with Gasteiger partial charge in [0.05, 0.1) is 16.1 Å². The Labute approximate surface area is 150 Å². The van der Waals surface area contributed by atoms with Crippen LogP contribution in [0.2, 0.25) is 0 Å². The van der Waals surface area contributed by atoms with Crippen molar-refractivity contribution in [3.8, 4) is 0 Å². The van der Waals surface area contributed by atoms with Gasteiger partial charge in [-0.05, 0) is 43.7 Å². The van der Waals surface area contributed by atoms with E-state index in [-0.39, 0.29) is 16.1 Å². The molecule has 0 aliphatic heterocycles. The summed E-state index contributed by atoms with van der Waals surface area (Å²) in [6.07, 6.45) is -0.180. The third-order valence-electron chi connectivity index (χ3n) is 3.64. The molecule has 0 aliphatic carbocycles. The minimum absolute atomic E-state index is 0.0292. The van der Waals surface area contributed by atoms with Gasteiger partial charge in [0.2, 0.25) is 0 Å². The lowest BCUT2D eigenvalue weighted by Gasteiger charge is -2.15. The van der Waals surface area contributed by atoms with Crippen LogP contribution in [0.25, 0.3) is 0 Å². The van der Waals surface area contributed by atoms with Crippen molar-refractivity contribution in [3.63, 3.8) is 0 Å². The summed E-state index contributed by atoms with van der Waals surface area (Å²) in [6.45, 7) is 2.95. The molecule has 1 N–H and O–H groups in total. The lowest BCUT2D eigenvalue weighted by Crippen LogP contribution is -2.30. The van der Waals surface area contributed by atoms with E-state index in [1.807, 2.05) is 0 Å². The maximum Gasteiger partial charge on any atom is 0.339 e. The molecule has 8 heteroatoms. The first-order valence-electron chi connectivity index (χ1n) is 7.66. The van der Waals surface area contributed by atoms with Gasteiger partial charge < -0.3 is 10.1 Å². The van der Waals surface area contributed by atoms with Crippen molar-refractivity contribution >= 4 is 27.4 Å². The lowest BCUT2D eigenvalue weighted by molar-refractivity contribution is -0.123. The van der Waals surface area contributed by atoms with Crippen LogP contribution in [-0.2, 0) is 19.4 Å². The van der Waals surface area contributed by atoms with Crippen molar-refractivity contribution in [2.45, 2.75) is 24.8 Å². The number of aryl methyl sites for hydroxylation is 1. The number of rotatable bonds is 5. The summed E-state index contributed by atoms with van der Waals surface area (Å²) in [5.41, 5.74) is 0.512. The molecule has 0 radical (unpaired) electrons. The number of carbonyl (C=O) groups is 2. The minimum Gasteiger partial charge on any atom is -0.449 e. The molecule has 6 nitrogen and oxygen atoms in total. The Morgan fingerprint density at radius 1 is 1.15 bits per heavy atom. The highest BCUT2D eigenvalue weighted by molar-refractivity contribution is 7.90. The van der Waals surface area contributed by atoms with Gasteiger partial charge in [-0.1, -0.05) is 18.2 Å². The molecule has 0 spiro atoms. The lowest BCUT2D eigenvalue weighted by atomic mass is 10.1. The number of hydrogen-bond acceptors (Lipinski definition) is 5. The molecule has 0 saturated carbocycles. The molecule has 0 heterocycles. The molecule has 26 heavy (non-hydrogen) atoms. The van der Waals surface area contributed by atoms with Gasteiger partial charge in [0, 0.05) is 6.26 Å². The third-order valence-corrected chi connectivity index (χ3v) is 4.75. The number of ether oxygens (including phenoxy) is 1. The topological polar surface area (TPSA) is 89.5 Å². The Hall–Kier alpha value is -2.74. The van der Waals surface area contributed by atoms with Gasteiger partial charge in [-0.25, -0.2) is 17.6 Å². The fraction of sp³-hybridized carbons (Fsp3) is 0.222. The van der Waals surface area contributed by atoms with Crippen LogP contribution in [0.1, 0.15) is 22.8 Å². The summed E-state index contributed by atoms with van der Waals surface area (Å²) >= 11 is 0. The molecule has 0 aliphatic rings. The second-order valence-electron chi connectivity index (χ2n) is 5.77. The van der Waals surface area contributed by atoms with Crippen LogP contribution < -0.4 is 5.32 Å². The number of para-hydroxylation sites is 1. The summed E-state index contributed by atoms with van der Waals surface area (Å²) in [6, 6.07) is 9.66. The predicted octanol–water partition coefficient (Wildman–Crippen LogP) is 2.72. The molecule has 2 aromatic rings. The predicted molar refractivity (Wildman–Crippen MR) is 94.2 cm³/mol. The number of anilines is 1. The van der Waals surface area contributed by atoms with Crippen LogP contribution >= 0.6 is 0 Å². The van der Waals surface area contributed by atoms with E-state index < -0.39 is 33.6 Å². The molecular weight excluding hydrogens is 361 g/mol. The smallest absolute Gasteiger partial charge is 0.339 e. The summed E-state index contributed by atoms with van der Waals surface area (Å²) < 4.78 is 41.9. The zero-order chi connectivity index (χ0) is 19.5. The fourth-order valence-electron chi connectivity index (χ4n) is 2.13. The normalized spacial score (nSPS) is 12.3. The molecule has 0 aromatic heterocycles. The zero-order valence-electron chi connectivity index (χ0n) is 14.4. The molecule has 0 saturated heterocycles. The average molecular weight is 379 g/mol. The van der Waals surface area contributed by atoms with Crippen molar-refractivity contribution in [2.75, 3.05) is 11.6 Å². The number of amides is 1. The van der Waals surface area contributed by atoms with E-state index in [1.165, 1.54) is 43.3 Å². The summed E-state index contributed by atoms with van der Waals surface area (Å²) in [5.74, 6) is -2.17. The Kier molecular flexibility index (Phi) is 5.76. The minimum atomic E-state index is -3.49. The number of sulfone groups is 1. The van der Waals surface area contributed by atoms with Crippen LogP contribution in [0.5, 0.6) is 0 Å². The Morgan fingerprint density at radius 2 is 1.81 bits per heavy atom. The number of benzene rings is 2. The molecular formula is C18H18FNO5S. The quantitative estimate of drug-likeness (QED) is 0.807. The first kappa shape index (κ1) is 19.6. The van der Waals surface area contributed by atoms with Gasteiger partial charge in [-0.2, -0.15) is 0 Å². The van der Waals surface area contributed by atoms with E-state index in [0.29, 0.717) is 5.56 Å². The highest BCUT2D eigenvalue weighted by Crippen LogP contribution is 2.18. The van der Waals surface area contributed by atoms with E-state index >= 15 is 0 Å². The van der Waals surface area contributed by atoms with Crippen molar-refractivity contribution in [1.29, 1.82) is 0 Å². The van der Waals surface area contributed by atoms with Crippen LogP contribution in [0.15, 0.2) is 47.4 Å². The van der Waals surface area contributed by atoms with E-state index in [1.54, 1.807) is 13.0 Å². The standard InChI is InChI=1S/C18H18FNO5S/c1-11-8-9-13(26(3,23)24)10-14(11)18(22)25-12(2)17(21)20-16-7-5-4-6-15(16)19/h4-10,12H,1-3H3,(H,20,21)/t12-/m1/s1. The first-order valence-corrected chi connectivity index (χ1v) is 9.56. The number of carbonyl (C=O) groups excluding carboxylic acids is 2. The molecule has 0 bridgehead atoms. The van der Waals surface area contributed by atoms with Gasteiger partial charge in [0.1, 0.15) is 5.82 Å². The van der Waals surface area contributed by atoms with E-state index in [2.05, 4.69) is 5.32 Å². The SMILES string of the molecule is Cc1ccc(S(C)(=O)=O)cc1C(=O)O[C@H](C)C(=O)Nc1ccccc1F. The highest BCUT2D eigenvalue weighted by atomic mass is 32.2. The number of halogens is 1. The molecule has 0 fully saturated rings. The summed E-state index contributed by atoms with van der Waals surface area (Å²) in [4.78, 5) is 24.4.